The van der Waals surface area contributed by atoms with Gasteiger partial charge in [0.2, 0.25) is 10.0 Å². The summed E-state index contributed by atoms with van der Waals surface area (Å²) in [6.07, 6.45) is 2.66. The third-order valence-electron chi connectivity index (χ3n) is 2.02. The van der Waals surface area contributed by atoms with Crippen molar-refractivity contribution in [3.05, 3.63) is 16.7 Å². The molecule has 18 heavy (non-hydrogen) atoms. The van der Waals surface area contributed by atoms with Crippen LogP contribution in [0.3, 0.4) is 0 Å². The molecule has 1 heterocycles. The summed E-state index contributed by atoms with van der Waals surface area (Å²) >= 11 is 3.33. The van der Waals surface area contributed by atoms with Crippen LogP contribution >= 0.6 is 15.9 Å². The second kappa shape index (κ2) is 5.41. The van der Waals surface area contributed by atoms with Crippen molar-refractivity contribution < 1.29 is 8.42 Å². The van der Waals surface area contributed by atoms with E-state index in [1.54, 1.807) is 19.9 Å². The number of nitrogen functional groups attached to an aromatic ring is 1. The zero-order chi connectivity index (χ0) is 14.0. The monoisotopic (exact) mass is 336 g/mol. The molecule has 0 radical (unpaired) electrons. The largest absolute Gasteiger partial charge is 0.397 e. The first-order valence-electron chi connectivity index (χ1n) is 5.23. The van der Waals surface area contributed by atoms with E-state index in [0.29, 0.717) is 18.1 Å². The third kappa shape index (κ3) is 5.19. The van der Waals surface area contributed by atoms with Gasteiger partial charge in [-0.05, 0) is 35.8 Å². The highest BCUT2D eigenvalue weighted by atomic mass is 79.9. The van der Waals surface area contributed by atoms with Crippen molar-refractivity contribution in [1.29, 1.82) is 0 Å². The van der Waals surface area contributed by atoms with Crippen molar-refractivity contribution in [3.63, 3.8) is 0 Å². The molecule has 0 saturated heterocycles. The highest BCUT2D eigenvalue weighted by Crippen LogP contribution is 2.22. The van der Waals surface area contributed by atoms with Crippen LogP contribution < -0.4 is 15.8 Å². The van der Waals surface area contributed by atoms with Gasteiger partial charge in [0.1, 0.15) is 5.82 Å². The zero-order valence-electron chi connectivity index (χ0n) is 10.5. The van der Waals surface area contributed by atoms with Gasteiger partial charge in [-0.2, -0.15) is 0 Å². The maximum atomic E-state index is 11.2. The fourth-order valence-corrected chi connectivity index (χ4v) is 3.01. The minimum absolute atomic E-state index is 0.398. The van der Waals surface area contributed by atoms with E-state index in [0.717, 1.165) is 10.7 Å². The summed E-state index contributed by atoms with van der Waals surface area (Å²) < 4.78 is 25.7. The van der Waals surface area contributed by atoms with Crippen molar-refractivity contribution in [1.82, 2.24) is 9.71 Å². The molecule has 1 rings (SSSR count). The van der Waals surface area contributed by atoms with Gasteiger partial charge in [0.15, 0.2) is 0 Å². The Morgan fingerprint density at radius 3 is 2.61 bits per heavy atom. The van der Waals surface area contributed by atoms with Gasteiger partial charge in [-0.25, -0.2) is 18.1 Å². The molecule has 4 N–H and O–H groups in total. The van der Waals surface area contributed by atoms with Crippen LogP contribution in [0.2, 0.25) is 0 Å². The maximum absolute atomic E-state index is 11.2. The van der Waals surface area contributed by atoms with Crippen molar-refractivity contribution in [2.45, 2.75) is 19.4 Å². The minimum atomic E-state index is -3.25. The highest BCUT2D eigenvalue weighted by molar-refractivity contribution is 9.10. The summed E-state index contributed by atoms with van der Waals surface area (Å²) in [6, 6.07) is 1.73. The van der Waals surface area contributed by atoms with E-state index in [4.69, 9.17) is 5.73 Å². The Bertz CT molecular complexity index is 531. The lowest BCUT2D eigenvalue weighted by atomic mass is 10.1. The number of pyridine rings is 1. The van der Waals surface area contributed by atoms with E-state index >= 15 is 0 Å². The van der Waals surface area contributed by atoms with Crippen molar-refractivity contribution >= 4 is 37.5 Å². The van der Waals surface area contributed by atoms with Crippen LogP contribution in [-0.4, -0.2) is 31.7 Å². The lowest BCUT2D eigenvalue weighted by Gasteiger charge is -2.25. The molecule has 0 fully saturated rings. The number of hydrogen-bond acceptors (Lipinski definition) is 5. The molecule has 1 aromatic heterocycles. The Balaban J connectivity index is 2.70. The van der Waals surface area contributed by atoms with Crippen LogP contribution in [0.5, 0.6) is 0 Å². The minimum Gasteiger partial charge on any atom is -0.397 e. The Kier molecular flexibility index (Phi) is 4.57. The van der Waals surface area contributed by atoms with E-state index in [1.807, 2.05) is 0 Å². The van der Waals surface area contributed by atoms with Gasteiger partial charge < -0.3 is 11.1 Å². The molecule has 6 nitrogen and oxygen atoms in total. The number of rotatable bonds is 5. The lowest BCUT2D eigenvalue weighted by molar-refractivity contribution is 0.476. The smallest absolute Gasteiger partial charge is 0.209 e. The molecule has 0 spiro atoms. The predicted octanol–water partition coefficient (Wildman–Crippen LogP) is 1.17. The van der Waals surface area contributed by atoms with Crippen LogP contribution in [0.1, 0.15) is 13.8 Å². The molecule has 0 atom stereocenters. The standard InChI is InChI=1S/C10H17BrN4O2S/c1-10(2,15-18(3,16)17)6-14-9-8(11)4-7(12)5-13-9/h4-5,15H,6,12H2,1-3H3,(H,13,14). The molecule has 0 amide bonds. The summed E-state index contributed by atoms with van der Waals surface area (Å²) in [7, 11) is -3.25. The van der Waals surface area contributed by atoms with Crippen LogP contribution in [0, 0.1) is 0 Å². The quantitative estimate of drug-likeness (QED) is 0.749. The maximum Gasteiger partial charge on any atom is 0.209 e. The molecule has 0 bridgehead atoms. The van der Waals surface area contributed by atoms with E-state index in [2.05, 4.69) is 31.0 Å². The molecule has 0 aliphatic carbocycles. The Morgan fingerprint density at radius 2 is 2.11 bits per heavy atom. The number of aromatic nitrogens is 1. The fourth-order valence-electron chi connectivity index (χ4n) is 1.43. The third-order valence-corrected chi connectivity index (χ3v) is 3.55. The first-order chi connectivity index (χ1) is 8.09. The second-order valence-electron chi connectivity index (χ2n) is 4.71. The van der Waals surface area contributed by atoms with E-state index in [9.17, 15) is 8.42 Å². The zero-order valence-corrected chi connectivity index (χ0v) is 12.9. The van der Waals surface area contributed by atoms with Crippen LogP contribution in [0.4, 0.5) is 11.5 Å². The molecule has 102 valence electrons. The number of hydrogen-bond donors (Lipinski definition) is 3. The molecule has 0 aromatic carbocycles. The average Bonchev–Trinajstić information content (AvgIpc) is 2.12. The molecule has 0 unspecified atom stereocenters. The van der Waals surface area contributed by atoms with Gasteiger partial charge in [0.05, 0.1) is 22.6 Å². The van der Waals surface area contributed by atoms with Gasteiger partial charge in [-0.15, -0.1) is 0 Å². The lowest BCUT2D eigenvalue weighted by Crippen LogP contribution is -2.47. The first-order valence-corrected chi connectivity index (χ1v) is 7.91. The number of nitrogens with two attached hydrogens (primary N) is 1. The van der Waals surface area contributed by atoms with Gasteiger partial charge in [0, 0.05) is 12.1 Å². The predicted molar refractivity (Wildman–Crippen MR) is 76.9 cm³/mol. The Morgan fingerprint density at radius 1 is 1.50 bits per heavy atom. The molecule has 0 saturated carbocycles. The number of nitrogens with one attached hydrogen (secondary N) is 2. The normalized spacial score (nSPS) is 12.4. The van der Waals surface area contributed by atoms with E-state index < -0.39 is 15.6 Å². The summed E-state index contributed by atoms with van der Waals surface area (Å²) in [5, 5.41) is 3.06. The molecular weight excluding hydrogens is 320 g/mol. The van der Waals surface area contributed by atoms with Gasteiger partial charge in [-0.3, -0.25) is 0 Å². The summed E-state index contributed by atoms with van der Waals surface area (Å²) in [6.45, 7) is 3.97. The van der Waals surface area contributed by atoms with Gasteiger partial charge in [0.25, 0.3) is 0 Å². The van der Waals surface area contributed by atoms with Gasteiger partial charge in [-0.1, -0.05) is 0 Å². The van der Waals surface area contributed by atoms with Crippen molar-refractivity contribution in [2.75, 3.05) is 23.9 Å². The topological polar surface area (TPSA) is 97.1 Å². The van der Waals surface area contributed by atoms with Crippen molar-refractivity contribution in [3.8, 4) is 0 Å². The number of sulfonamides is 1. The van der Waals surface area contributed by atoms with E-state index in [1.165, 1.54) is 6.20 Å². The van der Waals surface area contributed by atoms with Crippen LogP contribution in [0.25, 0.3) is 0 Å². The molecule has 0 aliphatic rings. The van der Waals surface area contributed by atoms with Crippen molar-refractivity contribution in [2.24, 2.45) is 0 Å². The van der Waals surface area contributed by atoms with E-state index in [-0.39, 0.29) is 0 Å². The Labute approximate surface area is 116 Å². The summed E-state index contributed by atoms with van der Waals surface area (Å²) in [5.41, 5.74) is 5.52. The molecule has 8 heteroatoms. The summed E-state index contributed by atoms with van der Waals surface area (Å²) in [5.74, 6) is 0.618. The SMILES string of the molecule is CC(C)(CNc1ncc(N)cc1Br)NS(C)(=O)=O. The number of anilines is 2. The fraction of sp³-hybridized carbons (Fsp3) is 0.500. The molecule has 0 aliphatic heterocycles. The number of halogens is 1. The number of nitrogens with zero attached hydrogens (tertiary/aromatic N) is 1. The van der Waals surface area contributed by atoms with Crippen LogP contribution in [-0.2, 0) is 10.0 Å². The Hall–Kier alpha value is -0.860. The summed E-state index contributed by atoms with van der Waals surface area (Å²) in [4.78, 5) is 4.12. The second-order valence-corrected chi connectivity index (χ2v) is 7.31. The molecular formula is C10H17BrN4O2S. The average molecular weight is 337 g/mol. The molecule has 1 aromatic rings. The van der Waals surface area contributed by atoms with Crippen LogP contribution in [0.15, 0.2) is 16.7 Å². The first kappa shape index (κ1) is 15.2. The van der Waals surface area contributed by atoms with Gasteiger partial charge >= 0.3 is 0 Å². The highest BCUT2D eigenvalue weighted by Gasteiger charge is 2.22.